The second kappa shape index (κ2) is 7.98. The van der Waals surface area contributed by atoms with Gasteiger partial charge in [0.15, 0.2) is 0 Å². The van der Waals surface area contributed by atoms with Crippen molar-refractivity contribution in [1.82, 2.24) is 15.5 Å². The van der Waals surface area contributed by atoms with Crippen LogP contribution in [0.4, 0.5) is 0 Å². The highest BCUT2D eigenvalue weighted by atomic mass is 16.5. The van der Waals surface area contributed by atoms with Crippen LogP contribution in [0.1, 0.15) is 23.0 Å². The Hall–Kier alpha value is -2.83. The van der Waals surface area contributed by atoms with Gasteiger partial charge in [-0.25, -0.2) is 0 Å². The van der Waals surface area contributed by atoms with Crippen LogP contribution in [0.3, 0.4) is 0 Å². The summed E-state index contributed by atoms with van der Waals surface area (Å²) in [6.07, 6.45) is 1.94. The molecule has 0 fully saturated rings. The predicted molar refractivity (Wildman–Crippen MR) is 84.9 cm³/mol. The zero-order chi connectivity index (χ0) is 16.7. The summed E-state index contributed by atoms with van der Waals surface area (Å²) in [5, 5.41) is 8.96. The monoisotopic (exact) mass is 316 g/mol. The Labute approximate surface area is 134 Å². The number of aromatic amines is 1. The third-order valence-electron chi connectivity index (χ3n) is 3.37. The topological polar surface area (TPSA) is 110 Å². The summed E-state index contributed by atoms with van der Waals surface area (Å²) in [5.41, 5.74) is 6.73. The molecule has 4 N–H and O–H groups in total. The second-order valence-electron chi connectivity index (χ2n) is 5.06. The summed E-state index contributed by atoms with van der Waals surface area (Å²) in [7, 11) is 0. The maximum absolute atomic E-state index is 11.9. The molecule has 23 heavy (non-hydrogen) atoms. The molecule has 0 saturated heterocycles. The fraction of sp³-hybridized carbons (Fsp3) is 0.312. The number of hydrogen-bond acceptors (Lipinski definition) is 4. The van der Waals surface area contributed by atoms with Crippen molar-refractivity contribution in [3.8, 4) is 5.75 Å². The van der Waals surface area contributed by atoms with Gasteiger partial charge in [-0.05, 0) is 37.1 Å². The Balaban J connectivity index is 1.93. The molecule has 122 valence electrons. The van der Waals surface area contributed by atoms with Crippen molar-refractivity contribution in [3.63, 3.8) is 0 Å². The largest absolute Gasteiger partial charge is 0.494 e. The Kier molecular flexibility index (Phi) is 5.74. The number of carbonyl (C=O) groups excluding carboxylic acids is 2. The van der Waals surface area contributed by atoms with Crippen LogP contribution in [0.2, 0.25) is 0 Å². The van der Waals surface area contributed by atoms with Crippen molar-refractivity contribution in [2.24, 2.45) is 11.7 Å². The zero-order valence-corrected chi connectivity index (χ0v) is 12.9. The standard InChI is InChI=1S/C16H20N4O3/c1-2-23-13-5-3-11(4-6-13)9-12(15(17)21)10-18-16(22)14-7-8-19-20-14/h3-8,12H,2,9-10H2,1H3,(H2,17,21)(H,18,22)(H,19,20). The molecule has 2 rings (SSSR count). The number of rotatable bonds is 8. The summed E-state index contributed by atoms with van der Waals surface area (Å²) in [6.45, 7) is 2.68. The number of nitrogens with one attached hydrogen (secondary N) is 2. The van der Waals surface area contributed by atoms with Gasteiger partial charge in [-0.2, -0.15) is 5.10 Å². The SMILES string of the molecule is CCOc1ccc(CC(CNC(=O)c2ccn[nH]2)C(N)=O)cc1. The van der Waals surface area contributed by atoms with Crippen LogP contribution in [0.25, 0.3) is 0 Å². The molecule has 0 aliphatic rings. The maximum atomic E-state index is 11.9. The van der Waals surface area contributed by atoms with Crippen molar-refractivity contribution in [2.75, 3.05) is 13.2 Å². The van der Waals surface area contributed by atoms with Crippen LogP contribution >= 0.6 is 0 Å². The number of hydrogen-bond donors (Lipinski definition) is 3. The smallest absolute Gasteiger partial charge is 0.269 e. The third-order valence-corrected chi connectivity index (χ3v) is 3.37. The van der Waals surface area contributed by atoms with Gasteiger partial charge in [0.25, 0.3) is 5.91 Å². The van der Waals surface area contributed by atoms with Crippen molar-refractivity contribution < 1.29 is 14.3 Å². The highest BCUT2D eigenvalue weighted by Crippen LogP contribution is 2.15. The van der Waals surface area contributed by atoms with Crippen molar-refractivity contribution in [3.05, 3.63) is 47.8 Å². The number of primary amides is 1. The van der Waals surface area contributed by atoms with Gasteiger partial charge in [0.1, 0.15) is 11.4 Å². The van der Waals surface area contributed by atoms with E-state index in [2.05, 4.69) is 15.5 Å². The lowest BCUT2D eigenvalue weighted by Crippen LogP contribution is -2.37. The summed E-state index contributed by atoms with van der Waals surface area (Å²) in [4.78, 5) is 23.4. The van der Waals surface area contributed by atoms with E-state index < -0.39 is 11.8 Å². The Morgan fingerprint density at radius 3 is 2.61 bits per heavy atom. The highest BCUT2D eigenvalue weighted by Gasteiger charge is 2.18. The van der Waals surface area contributed by atoms with E-state index in [0.717, 1.165) is 11.3 Å². The van der Waals surface area contributed by atoms with Crippen LogP contribution in [0.5, 0.6) is 5.75 Å². The quantitative estimate of drug-likeness (QED) is 0.671. The van der Waals surface area contributed by atoms with Crippen molar-refractivity contribution in [2.45, 2.75) is 13.3 Å². The van der Waals surface area contributed by atoms with E-state index in [0.29, 0.717) is 18.7 Å². The Morgan fingerprint density at radius 2 is 2.04 bits per heavy atom. The van der Waals surface area contributed by atoms with Gasteiger partial charge in [-0.15, -0.1) is 0 Å². The molecular formula is C16H20N4O3. The van der Waals surface area contributed by atoms with Crippen LogP contribution in [-0.4, -0.2) is 35.2 Å². The summed E-state index contributed by atoms with van der Waals surface area (Å²) in [5.74, 6) is -0.483. The predicted octanol–water partition coefficient (Wildman–Crippen LogP) is 0.882. The number of amides is 2. The van der Waals surface area contributed by atoms with Gasteiger partial charge in [0.2, 0.25) is 5.91 Å². The summed E-state index contributed by atoms with van der Waals surface area (Å²) >= 11 is 0. The average Bonchev–Trinajstić information content (AvgIpc) is 3.07. The maximum Gasteiger partial charge on any atom is 0.269 e. The molecule has 2 aromatic rings. The van der Waals surface area contributed by atoms with Crippen LogP contribution in [0, 0.1) is 5.92 Å². The normalized spacial score (nSPS) is 11.7. The number of nitrogens with zero attached hydrogens (tertiary/aromatic N) is 1. The second-order valence-corrected chi connectivity index (χ2v) is 5.06. The van der Waals surface area contributed by atoms with Gasteiger partial charge in [-0.3, -0.25) is 14.7 Å². The first kappa shape index (κ1) is 16.5. The molecule has 1 aromatic heterocycles. The first-order valence-electron chi connectivity index (χ1n) is 7.38. The summed E-state index contributed by atoms with van der Waals surface area (Å²) < 4.78 is 5.38. The average molecular weight is 316 g/mol. The lowest BCUT2D eigenvalue weighted by atomic mass is 9.98. The fourth-order valence-corrected chi connectivity index (χ4v) is 2.14. The third kappa shape index (κ3) is 4.84. The molecule has 1 heterocycles. The van der Waals surface area contributed by atoms with E-state index in [1.165, 1.54) is 6.20 Å². The minimum Gasteiger partial charge on any atom is -0.494 e. The number of benzene rings is 1. The van der Waals surface area contributed by atoms with Crippen LogP contribution < -0.4 is 15.8 Å². The molecule has 0 radical (unpaired) electrons. The van der Waals surface area contributed by atoms with Crippen LogP contribution in [0.15, 0.2) is 36.5 Å². The molecular weight excluding hydrogens is 296 g/mol. The molecule has 0 spiro atoms. The van der Waals surface area contributed by atoms with E-state index in [-0.39, 0.29) is 12.5 Å². The van der Waals surface area contributed by atoms with Gasteiger partial charge in [0, 0.05) is 12.7 Å². The molecule has 1 atom stereocenters. The number of ether oxygens (including phenoxy) is 1. The lowest BCUT2D eigenvalue weighted by molar-refractivity contribution is -0.121. The van der Waals surface area contributed by atoms with E-state index in [4.69, 9.17) is 10.5 Å². The lowest BCUT2D eigenvalue weighted by Gasteiger charge is -2.14. The Morgan fingerprint density at radius 1 is 1.30 bits per heavy atom. The first-order chi connectivity index (χ1) is 11.1. The number of aromatic nitrogens is 2. The molecule has 0 saturated carbocycles. The first-order valence-corrected chi connectivity index (χ1v) is 7.38. The fourth-order valence-electron chi connectivity index (χ4n) is 2.14. The number of H-pyrrole nitrogens is 1. The van der Waals surface area contributed by atoms with Crippen molar-refractivity contribution in [1.29, 1.82) is 0 Å². The van der Waals surface area contributed by atoms with Gasteiger partial charge in [0.05, 0.1) is 12.5 Å². The van der Waals surface area contributed by atoms with Gasteiger partial charge >= 0.3 is 0 Å². The Bertz CT molecular complexity index is 638. The molecule has 7 nitrogen and oxygen atoms in total. The molecule has 7 heteroatoms. The van der Waals surface area contributed by atoms with E-state index >= 15 is 0 Å². The number of carbonyl (C=O) groups is 2. The molecule has 0 aliphatic heterocycles. The van der Waals surface area contributed by atoms with Gasteiger partial charge in [-0.1, -0.05) is 12.1 Å². The molecule has 1 unspecified atom stereocenters. The van der Waals surface area contributed by atoms with E-state index in [9.17, 15) is 9.59 Å². The summed E-state index contributed by atoms with van der Waals surface area (Å²) in [6, 6.07) is 9.02. The zero-order valence-electron chi connectivity index (χ0n) is 12.9. The van der Waals surface area contributed by atoms with E-state index in [1.807, 2.05) is 31.2 Å². The van der Waals surface area contributed by atoms with E-state index in [1.54, 1.807) is 6.07 Å². The van der Waals surface area contributed by atoms with Gasteiger partial charge < -0.3 is 15.8 Å². The van der Waals surface area contributed by atoms with Crippen molar-refractivity contribution >= 4 is 11.8 Å². The molecule has 0 bridgehead atoms. The van der Waals surface area contributed by atoms with Crippen LogP contribution in [-0.2, 0) is 11.2 Å². The molecule has 0 aliphatic carbocycles. The molecule has 1 aromatic carbocycles. The minimum absolute atomic E-state index is 0.167. The highest BCUT2D eigenvalue weighted by molar-refractivity contribution is 5.92. The minimum atomic E-state index is -0.486. The number of nitrogens with two attached hydrogens (primary N) is 1. The molecule has 2 amide bonds.